The van der Waals surface area contributed by atoms with Crippen LogP contribution in [0.1, 0.15) is 5.76 Å². The number of aliphatic carboxylic acids is 1. The van der Waals surface area contributed by atoms with Crippen molar-refractivity contribution < 1.29 is 19.1 Å². The van der Waals surface area contributed by atoms with Gasteiger partial charge in [0, 0.05) is 18.5 Å². The molecule has 1 N–H and O–H groups in total. The summed E-state index contributed by atoms with van der Waals surface area (Å²) in [5.41, 5.74) is 0.862. The van der Waals surface area contributed by atoms with Crippen molar-refractivity contribution in [2.24, 2.45) is 0 Å². The summed E-state index contributed by atoms with van der Waals surface area (Å²) in [6, 6.07) is 9.84. The summed E-state index contributed by atoms with van der Waals surface area (Å²) in [6.07, 6.45) is -0.738. The zero-order chi connectivity index (χ0) is 13.2. The smallest absolute Gasteiger partial charge is 0.334 e. The molecule has 2 aromatic rings. The Hall–Kier alpha value is -1.85. The zero-order valence-corrected chi connectivity index (χ0v) is 10.4. The van der Waals surface area contributed by atoms with Gasteiger partial charge in [0.1, 0.15) is 11.3 Å². The SMILES string of the molecule is O=C(O)[C@H]1CN(Cc2cc3ccccc3o2)CCO1. The first kappa shape index (κ1) is 12.2. The molecule has 100 valence electrons. The fourth-order valence-corrected chi connectivity index (χ4v) is 2.33. The number of para-hydroxylation sites is 1. The molecule has 5 nitrogen and oxygen atoms in total. The van der Waals surface area contributed by atoms with E-state index in [-0.39, 0.29) is 0 Å². The third-order valence-electron chi connectivity index (χ3n) is 3.28. The average molecular weight is 261 g/mol. The van der Waals surface area contributed by atoms with Gasteiger partial charge in [-0.3, -0.25) is 4.90 Å². The van der Waals surface area contributed by atoms with Crippen LogP contribution in [0.5, 0.6) is 0 Å². The van der Waals surface area contributed by atoms with Crippen LogP contribution < -0.4 is 0 Å². The molecule has 0 spiro atoms. The lowest BCUT2D eigenvalue weighted by Crippen LogP contribution is -2.45. The van der Waals surface area contributed by atoms with Crippen LogP contribution in [0.2, 0.25) is 0 Å². The normalized spacial score (nSPS) is 20.7. The molecule has 0 bridgehead atoms. The lowest BCUT2D eigenvalue weighted by molar-refractivity contribution is -0.156. The van der Waals surface area contributed by atoms with Gasteiger partial charge in [-0.05, 0) is 12.1 Å². The van der Waals surface area contributed by atoms with Gasteiger partial charge in [0.2, 0.25) is 0 Å². The molecule has 0 unspecified atom stereocenters. The first-order valence-corrected chi connectivity index (χ1v) is 6.26. The molecule has 1 saturated heterocycles. The summed E-state index contributed by atoms with van der Waals surface area (Å²) in [6.45, 7) is 2.17. The largest absolute Gasteiger partial charge is 0.479 e. The number of benzene rings is 1. The molecule has 1 aromatic carbocycles. The highest BCUT2D eigenvalue weighted by Crippen LogP contribution is 2.20. The van der Waals surface area contributed by atoms with Crippen molar-refractivity contribution in [2.75, 3.05) is 19.7 Å². The molecular weight excluding hydrogens is 246 g/mol. The third-order valence-corrected chi connectivity index (χ3v) is 3.28. The van der Waals surface area contributed by atoms with Gasteiger partial charge < -0.3 is 14.3 Å². The highest BCUT2D eigenvalue weighted by atomic mass is 16.5. The Labute approximate surface area is 110 Å². The van der Waals surface area contributed by atoms with E-state index < -0.39 is 12.1 Å². The number of fused-ring (bicyclic) bond motifs is 1. The van der Waals surface area contributed by atoms with Crippen molar-refractivity contribution >= 4 is 16.9 Å². The highest BCUT2D eigenvalue weighted by molar-refractivity contribution is 5.77. The quantitative estimate of drug-likeness (QED) is 0.911. The molecule has 1 aromatic heterocycles. The molecule has 3 rings (SSSR count). The number of rotatable bonds is 3. The molecular formula is C14H15NO4. The number of morpholine rings is 1. The van der Waals surface area contributed by atoms with Crippen LogP contribution >= 0.6 is 0 Å². The van der Waals surface area contributed by atoms with E-state index in [2.05, 4.69) is 0 Å². The van der Waals surface area contributed by atoms with E-state index in [0.29, 0.717) is 19.7 Å². The fourth-order valence-electron chi connectivity index (χ4n) is 2.33. The van der Waals surface area contributed by atoms with Gasteiger partial charge in [-0.15, -0.1) is 0 Å². The number of carboxylic acids is 1. The van der Waals surface area contributed by atoms with Gasteiger partial charge in [0.15, 0.2) is 6.10 Å². The second-order valence-electron chi connectivity index (χ2n) is 4.68. The molecule has 1 aliphatic heterocycles. The maximum absolute atomic E-state index is 10.9. The number of hydrogen-bond donors (Lipinski definition) is 1. The predicted molar refractivity (Wildman–Crippen MR) is 68.9 cm³/mol. The summed E-state index contributed by atoms with van der Waals surface area (Å²) in [5, 5.41) is 10.0. The summed E-state index contributed by atoms with van der Waals surface area (Å²) in [7, 11) is 0. The summed E-state index contributed by atoms with van der Waals surface area (Å²) >= 11 is 0. The van der Waals surface area contributed by atoms with Crippen molar-refractivity contribution in [1.82, 2.24) is 4.90 Å². The van der Waals surface area contributed by atoms with Gasteiger partial charge in [0.05, 0.1) is 13.2 Å². The molecule has 0 saturated carbocycles. The molecule has 1 fully saturated rings. The summed E-state index contributed by atoms with van der Waals surface area (Å²) in [5.74, 6) is -0.0541. The van der Waals surface area contributed by atoms with Crippen LogP contribution in [0.4, 0.5) is 0 Å². The van der Waals surface area contributed by atoms with Crippen molar-refractivity contribution in [3.8, 4) is 0 Å². The van der Waals surface area contributed by atoms with E-state index in [9.17, 15) is 4.79 Å². The maximum atomic E-state index is 10.9. The monoisotopic (exact) mass is 261 g/mol. The van der Waals surface area contributed by atoms with Gasteiger partial charge in [-0.2, -0.15) is 0 Å². The molecule has 1 aliphatic rings. The molecule has 1 atom stereocenters. The van der Waals surface area contributed by atoms with E-state index in [1.165, 1.54) is 0 Å². The number of carbonyl (C=O) groups is 1. The maximum Gasteiger partial charge on any atom is 0.334 e. The van der Waals surface area contributed by atoms with Crippen LogP contribution in [-0.4, -0.2) is 41.8 Å². The number of hydrogen-bond acceptors (Lipinski definition) is 4. The average Bonchev–Trinajstić information content (AvgIpc) is 2.81. The number of nitrogens with zero attached hydrogens (tertiary/aromatic N) is 1. The molecule has 0 amide bonds. The summed E-state index contributed by atoms with van der Waals surface area (Å²) < 4.78 is 10.9. The molecule has 5 heteroatoms. The lowest BCUT2D eigenvalue weighted by atomic mass is 10.2. The highest BCUT2D eigenvalue weighted by Gasteiger charge is 2.26. The molecule has 19 heavy (non-hydrogen) atoms. The number of carboxylic acid groups (broad SMARTS) is 1. The predicted octanol–water partition coefficient (Wildman–Crippen LogP) is 1.72. The minimum Gasteiger partial charge on any atom is -0.479 e. The van der Waals surface area contributed by atoms with E-state index in [1.807, 2.05) is 35.2 Å². The summed E-state index contributed by atoms with van der Waals surface area (Å²) in [4.78, 5) is 13.0. The van der Waals surface area contributed by atoms with E-state index >= 15 is 0 Å². The lowest BCUT2D eigenvalue weighted by Gasteiger charge is -2.29. The van der Waals surface area contributed by atoms with Crippen LogP contribution in [0, 0.1) is 0 Å². The standard InChI is InChI=1S/C14H15NO4/c16-14(17)13-9-15(5-6-18-13)8-11-7-10-3-1-2-4-12(10)19-11/h1-4,7,13H,5-6,8-9H2,(H,16,17)/t13-/m1/s1. The topological polar surface area (TPSA) is 62.9 Å². The van der Waals surface area contributed by atoms with E-state index in [0.717, 1.165) is 23.3 Å². The minimum atomic E-state index is -0.908. The van der Waals surface area contributed by atoms with Crippen molar-refractivity contribution in [3.05, 3.63) is 36.1 Å². The molecule has 0 radical (unpaired) electrons. The van der Waals surface area contributed by atoms with Gasteiger partial charge in [0.25, 0.3) is 0 Å². The first-order chi connectivity index (χ1) is 9.22. The number of ether oxygens (including phenoxy) is 1. The Kier molecular flexibility index (Phi) is 3.23. The molecule has 2 heterocycles. The number of furan rings is 1. The van der Waals surface area contributed by atoms with Crippen LogP contribution in [-0.2, 0) is 16.1 Å². The zero-order valence-electron chi connectivity index (χ0n) is 10.4. The van der Waals surface area contributed by atoms with Crippen molar-refractivity contribution in [1.29, 1.82) is 0 Å². The third kappa shape index (κ3) is 2.62. The minimum absolute atomic E-state index is 0.395. The van der Waals surface area contributed by atoms with E-state index in [1.54, 1.807) is 0 Å². The molecule has 0 aliphatic carbocycles. The Bertz CT molecular complexity index is 559. The van der Waals surface area contributed by atoms with Gasteiger partial charge in [-0.1, -0.05) is 18.2 Å². The Morgan fingerprint density at radius 3 is 3.05 bits per heavy atom. The van der Waals surface area contributed by atoms with E-state index in [4.69, 9.17) is 14.3 Å². The Balaban J connectivity index is 1.72. The van der Waals surface area contributed by atoms with Crippen molar-refractivity contribution in [2.45, 2.75) is 12.6 Å². The van der Waals surface area contributed by atoms with Crippen LogP contribution in [0.3, 0.4) is 0 Å². The van der Waals surface area contributed by atoms with Gasteiger partial charge in [-0.25, -0.2) is 4.79 Å². The fraction of sp³-hybridized carbons (Fsp3) is 0.357. The second kappa shape index (κ2) is 5.03. The Morgan fingerprint density at radius 1 is 1.42 bits per heavy atom. The Morgan fingerprint density at radius 2 is 2.26 bits per heavy atom. The van der Waals surface area contributed by atoms with Gasteiger partial charge >= 0.3 is 5.97 Å². The second-order valence-corrected chi connectivity index (χ2v) is 4.68. The first-order valence-electron chi connectivity index (χ1n) is 6.26. The van der Waals surface area contributed by atoms with Crippen LogP contribution in [0.25, 0.3) is 11.0 Å². The van der Waals surface area contributed by atoms with Crippen molar-refractivity contribution in [3.63, 3.8) is 0 Å². The van der Waals surface area contributed by atoms with Crippen LogP contribution in [0.15, 0.2) is 34.7 Å².